The fourth-order valence-electron chi connectivity index (χ4n) is 4.83. The van der Waals surface area contributed by atoms with Crippen molar-refractivity contribution >= 4 is 40.8 Å². The summed E-state index contributed by atoms with van der Waals surface area (Å²) >= 11 is 0.846. The van der Waals surface area contributed by atoms with E-state index in [2.05, 4.69) is 6.07 Å². The minimum absolute atomic E-state index is 0.240. The van der Waals surface area contributed by atoms with E-state index in [1.54, 1.807) is 23.1 Å². The van der Waals surface area contributed by atoms with Crippen LogP contribution in [-0.2, 0) is 22.6 Å². The van der Waals surface area contributed by atoms with E-state index in [0.29, 0.717) is 18.7 Å². The zero-order valence-corrected chi connectivity index (χ0v) is 21.4. The molecule has 5 rings (SSSR count). The lowest BCUT2D eigenvalue weighted by atomic mass is 10.00. The zero-order chi connectivity index (χ0) is 26.3. The number of thioether (sulfide) groups is 1. The van der Waals surface area contributed by atoms with E-state index in [-0.39, 0.29) is 17.4 Å². The Labute approximate surface area is 218 Å². The highest BCUT2D eigenvalue weighted by Crippen LogP contribution is 2.34. The van der Waals surface area contributed by atoms with Crippen LogP contribution in [0, 0.1) is 13.8 Å². The van der Waals surface area contributed by atoms with Crippen molar-refractivity contribution in [2.24, 2.45) is 5.73 Å². The predicted molar refractivity (Wildman–Crippen MR) is 142 cm³/mol. The number of imide groups is 1. The molecule has 0 atom stereocenters. The van der Waals surface area contributed by atoms with Crippen LogP contribution in [0.5, 0.6) is 0 Å². The molecule has 0 aliphatic carbocycles. The first-order chi connectivity index (χ1) is 17.7. The molecule has 188 valence electrons. The van der Waals surface area contributed by atoms with Gasteiger partial charge in [0.15, 0.2) is 0 Å². The van der Waals surface area contributed by atoms with Crippen LogP contribution >= 0.6 is 11.8 Å². The lowest BCUT2D eigenvalue weighted by Gasteiger charge is -2.29. The maximum absolute atomic E-state index is 13.1. The van der Waals surface area contributed by atoms with E-state index in [4.69, 9.17) is 5.73 Å². The molecular weight excluding hydrogens is 488 g/mol. The van der Waals surface area contributed by atoms with Gasteiger partial charge >= 0.3 is 0 Å². The molecule has 9 heteroatoms. The Morgan fingerprint density at radius 1 is 1.03 bits per heavy atom. The number of fused-ring (bicyclic) bond motifs is 1. The van der Waals surface area contributed by atoms with Crippen LogP contribution in [-0.4, -0.2) is 50.4 Å². The van der Waals surface area contributed by atoms with Gasteiger partial charge in [0.2, 0.25) is 11.8 Å². The maximum atomic E-state index is 13.1. The quantitative estimate of drug-likeness (QED) is 0.521. The summed E-state index contributed by atoms with van der Waals surface area (Å²) in [7, 11) is 0. The number of rotatable bonds is 5. The Balaban J connectivity index is 1.33. The molecule has 8 nitrogen and oxygen atoms in total. The van der Waals surface area contributed by atoms with Gasteiger partial charge < -0.3 is 15.2 Å². The second kappa shape index (κ2) is 9.74. The third-order valence-corrected chi connectivity index (χ3v) is 7.72. The number of hydrogen-bond acceptors (Lipinski definition) is 5. The van der Waals surface area contributed by atoms with E-state index in [1.807, 2.05) is 54.8 Å². The average molecular weight is 515 g/mol. The van der Waals surface area contributed by atoms with Gasteiger partial charge in [-0.25, -0.2) is 0 Å². The number of carbonyl (C=O) groups is 4. The first-order valence-corrected chi connectivity index (χ1v) is 12.7. The molecule has 2 aliphatic rings. The van der Waals surface area contributed by atoms with Gasteiger partial charge in [-0.05, 0) is 85.1 Å². The molecule has 1 fully saturated rings. The Hall–Kier alpha value is -4.11. The largest absolute Gasteiger partial charge is 0.366 e. The van der Waals surface area contributed by atoms with Crippen LogP contribution in [0.4, 0.5) is 4.79 Å². The highest BCUT2D eigenvalue weighted by Gasteiger charge is 2.37. The number of aromatic nitrogens is 1. The van der Waals surface area contributed by atoms with Crippen molar-refractivity contribution in [1.82, 2.24) is 14.4 Å². The van der Waals surface area contributed by atoms with Crippen molar-refractivity contribution in [3.05, 3.63) is 93.1 Å². The van der Waals surface area contributed by atoms with E-state index in [9.17, 15) is 19.2 Å². The van der Waals surface area contributed by atoms with Crippen molar-refractivity contribution in [1.29, 1.82) is 0 Å². The minimum atomic E-state index is -0.493. The highest BCUT2D eigenvalue weighted by atomic mass is 32.2. The molecule has 0 bridgehead atoms. The second-order valence-corrected chi connectivity index (χ2v) is 10.2. The Bertz CT molecular complexity index is 1470. The van der Waals surface area contributed by atoms with E-state index in [1.165, 1.54) is 5.56 Å². The number of benzene rings is 2. The molecule has 2 aliphatic heterocycles. The lowest BCUT2D eigenvalue weighted by Crippen LogP contribution is -2.44. The molecule has 2 N–H and O–H groups in total. The molecule has 0 unspecified atom stereocenters. The summed E-state index contributed by atoms with van der Waals surface area (Å²) in [5.41, 5.74) is 11.5. The molecule has 4 amide bonds. The van der Waals surface area contributed by atoms with Gasteiger partial charge in [0.05, 0.1) is 4.91 Å². The van der Waals surface area contributed by atoms with Gasteiger partial charge in [-0.3, -0.25) is 24.1 Å². The number of nitrogens with two attached hydrogens (primary N) is 1. The second-order valence-electron chi connectivity index (χ2n) is 9.17. The average Bonchev–Trinajstić information content (AvgIpc) is 3.32. The van der Waals surface area contributed by atoms with Gasteiger partial charge in [-0.1, -0.05) is 24.3 Å². The van der Waals surface area contributed by atoms with Crippen LogP contribution < -0.4 is 5.73 Å². The molecular formula is C28H26N4O4S. The maximum Gasteiger partial charge on any atom is 0.294 e. The molecule has 37 heavy (non-hydrogen) atoms. The van der Waals surface area contributed by atoms with Crippen molar-refractivity contribution < 1.29 is 19.2 Å². The van der Waals surface area contributed by atoms with Crippen LogP contribution in [0.15, 0.2) is 59.5 Å². The summed E-state index contributed by atoms with van der Waals surface area (Å²) in [6, 6.07) is 16.9. The van der Waals surface area contributed by atoms with Gasteiger partial charge in [-0.2, -0.15) is 0 Å². The van der Waals surface area contributed by atoms with Gasteiger partial charge in [-0.15, -0.1) is 0 Å². The van der Waals surface area contributed by atoms with Gasteiger partial charge in [0.25, 0.3) is 11.1 Å². The molecule has 1 saturated heterocycles. The fourth-order valence-corrected chi connectivity index (χ4v) is 5.66. The third kappa shape index (κ3) is 4.70. The number of aryl methyl sites for hydroxylation is 1. The molecule has 0 radical (unpaired) electrons. The first-order valence-electron chi connectivity index (χ1n) is 11.9. The summed E-state index contributed by atoms with van der Waals surface area (Å²) < 4.78 is 2.00. The summed E-state index contributed by atoms with van der Waals surface area (Å²) in [6.45, 7) is 4.63. The molecule has 1 aromatic heterocycles. The molecule has 0 saturated carbocycles. The lowest BCUT2D eigenvalue weighted by molar-refractivity contribution is -0.136. The highest BCUT2D eigenvalue weighted by molar-refractivity contribution is 8.18. The normalized spacial score (nSPS) is 16.4. The molecule has 3 heterocycles. The Kier molecular flexibility index (Phi) is 6.47. The molecule has 3 aromatic rings. The van der Waals surface area contributed by atoms with Gasteiger partial charge in [0.1, 0.15) is 6.54 Å². The Morgan fingerprint density at radius 3 is 2.43 bits per heavy atom. The number of primary amides is 1. The Morgan fingerprint density at radius 2 is 1.73 bits per heavy atom. The zero-order valence-electron chi connectivity index (χ0n) is 20.6. The first kappa shape index (κ1) is 24.6. The number of carbonyl (C=O) groups excluding carboxylic acids is 4. The summed E-state index contributed by atoms with van der Waals surface area (Å²) in [5.74, 6) is -1.19. The standard InChI is InChI=1S/C28H26N4O4S/c1-17-13-22(18(2)32(17)23-9-7-20(8-10-23)26(29)34)14-24-27(35)31(28(36)37-24)16-25(33)30-12-11-19-5-3-4-6-21(19)15-30/h3-10,13-14H,11-12,15-16H2,1-2H3,(H2,29,34)/b24-14-. The number of nitrogens with zero attached hydrogens (tertiary/aromatic N) is 3. The van der Waals surface area contributed by atoms with Crippen LogP contribution in [0.1, 0.15) is 38.4 Å². The molecule has 2 aromatic carbocycles. The fraction of sp³-hybridized carbons (Fsp3) is 0.214. The SMILES string of the molecule is Cc1cc(/C=C2\SC(=O)N(CC(=O)N3CCc4ccccc4C3)C2=O)c(C)n1-c1ccc(C(N)=O)cc1. The monoisotopic (exact) mass is 514 g/mol. The van der Waals surface area contributed by atoms with Crippen LogP contribution in [0.2, 0.25) is 0 Å². The number of hydrogen-bond donors (Lipinski definition) is 1. The molecule has 0 spiro atoms. The summed E-state index contributed by atoms with van der Waals surface area (Å²) in [5, 5.41) is -0.446. The van der Waals surface area contributed by atoms with Crippen molar-refractivity contribution in [2.45, 2.75) is 26.8 Å². The van der Waals surface area contributed by atoms with Crippen LogP contribution in [0.3, 0.4) is 0 Å². The topological polar surface area (TPSA) is 106 Å². The van der Waals surface area contributed by atoms with Crippen LogP contribution in [0.25, 0.3) is 11.8 Å². The van der Waals surface area contributed by atoms with E-state index >= 15 is 0 Å². The van der Waals surface area contributed by atoms with E-state index < -0.39 is 17.1 Å². The summed E-state index contributed by atoms with van der Waals surface area (Å²) in [6.07, 6.45) is 2.45. The minimum Gasteiger partial charge on any atom is -0.366 e. The smallest absolute Gasteiger partial charge is 0.294 e. The predicted octanol–water partition coefficient (Wildman–Crippen LogP) is 3.81. The third-order valence-electron chi connectivity index (χ3n) is 6.82. The van der Waals surface area contributed by atoms with Crippen molar-refractivity contribution in [2.75, 3.05) is 13.1 Å². The van der Waals surface area contributed by atoms with Crippen molar-refractivity contribution in [3.8, 4) is 5.69 Å². The van der Waals surface area contributed by atoms with Gasteiger partial charge in [0, 0.05) is 35.7 Å². The summed E-state index contributed by atoms with van der Waals surface area (Å²) in [4.78, 5) is 53.2. The van der Waals surface area contributed by atoms with E-state index in [0.717, 1.165) is 51.3 Å². The van der Waals surface area contributed by atoms with Crippen molar-refractivity contribution in [3.63, 3.8) is 0 Å². The number of amides is 4.